The molecule has 0 aliphatic carbocycles. The normalized spacial score (nSPS) is 12.5. The maximum Gasteiger partial charge on any atom is 0.125 e. The molecule has 17 heavy (non-hydrogen) atoms. The van der Waals surface area contributed by atoms with Gasteiger partial charge in [-0.3, -0.25) is 0 Å². The van der Waals surface area contributed by atoms with Crippen molar-refractivity contribution in [2.45, 2.75) is 40.5 Å². The van der Waals surface area contributed by atoms with Crippen LogP contribution in [0.25, 0.3) is 0 Å². The van der Waals surface area contributed by atoms with Crippen LogP contribution < -0.4 is 4.74 Å². The summed E-state index contributed by atoms with van der Waals surface area (Å²) in [5.74, 6) is 2.43. The molecule has 2 heteroatoms. The van der Waals surface area contributed by atoms with E-state index < -0.39 is 0 Å². The minimum absolute atomic E-state index is 0.638. The first-order chi connectivity index (χ1) is 8.04. The molecule has 0 aromatic heterocycles. The molecule has 1 nitrogen and oxygen atoms in total. The van der Waals surface area contributed by atoms with Gasteiger partial charge in [0, 0.05) is 5.88 Å². The van der Waals surface area contributed by atoms with E-state index >= 15 is 0 Å². The first-order valence-electron chi connectivity index (χ1n) is 6.31. The first-order valence-corrected chi connectivity index (χ1v) is 6.84. The summed E-state index contributed by atoms with van der Waals surface area (Å²) < 4.78 is 5.90. The quantitative estimate of drug-likeness (QED) is 0.672. The summed E-state index contributed by atoms with van der Waals surface area (Å²) in [6.45, 7) is 9.34. The van der Waals surface area contributed by atoms with E-state index in [1.165, 1.54) is 16.7 Å². The van der Waals surface area contributed by atoms with Gasteiger partial charge in [-0.2, -0.15) is 0 Å². The number of hydrogen-bond acceptors (Lipinski definition) is 1. The van der Waals surface area contributed by atoms with Crippen LogP contribution >= 0.6 is 11.6 Å². The van der Waals surface area contributed by atoms with Gasteiger partial charge >= 0.3 is 0 Å². The van der Waals surface area contributed by atoms with Crippen LogP contribution in [0.1, 0.15) is 36.5 Å². The highest BCUT2D eigenvalue weighted by Gasteiger charge is 2.06. The lowest BCUT2D eigenvalue weighted by Crippen LogP contribution is -2.06. The third-order valence-corrected chi connectivity index (χ3v) is 3.28. The Hall–Kier alpha value is -0.690. The summed E-state index contributed by atoms with van der Waals surface area (Å²) in [7, 11) is 0. The highest BCUT2D eigenvalue weighted by Crippen LogP contribution is 2.25. The van der Waals surface area contributed by atoms with Gasteiger partial charge in [-0.15, -0.1) is 11.6 Å². The van der Waals surface area contributed by atoms with E-state index in [0.717, 1.165) is 31.1 Å². The number of benzene rings is 1. The van der Waals surface area contributed by atoms with E-state index in [9.17, 15) is 0 Å². The van der Waals surface area contributed by atoms with E-state index in [-0.39, 0.29) is 0 Å². The smallest absolute Gasteiger partial charge is 0.125 e. The van der Waals surface area contributed by atoms with Crippen molar-refractivity contribution < 1.29 is 4.74 Å². The Bertz CT molecular complexity index is 337. The number of rotatable bonds is 6. The Morgan fingerprint density at radius 3 is 2.24 bits per heavy atom. The maximum absolute atomic E-state index is 5.90. The Morgan fingerprint density at radius 2 is 1.71 bits per heavy atom. The van der Waals surface area contributed by atoms with Crippen molar-refractivity contribution in [1.29, 1.82) is 0 Å². The molecule has 1 aromatic carbocycles. The molecule has 1 atom stereocenters. The number of aryl methyl sites for hydroxylation is 3. The SMILES string of the molecule is Cc1cc(C)c(OCCC(C)CCCl)c(C)c1. The van der Waals surface area contributed by atoms with Gasteiger partial charge < -0.3 is 4.74 Å². The summed E-state index contributed by atoms with van der Waals surface area (Å²) in [6.07, 6.45) is 2.14. The van der Waals surface area contributed by atoms with Crippen LogP contribution in [0.2, 0.25) is 0 Å². The van der Waals surface area contributed by atoms with E-state index in [1.807, 2.05) is 0 Å². The Kier molecular flexibility index (Phi) is 5.84. The third kappa shape index (κ3) is 4.59. The minimum atomic E-state index is 0.638. The van der Waals surface area contributed by atoms with Crippen molar-refractivity contribution in [3.8, 4) is 5.75 Å². The summed E-state index contributed by atoms with van der Waals surface area (Å²) in [5, 5.41) is 0. The molecule has 0 aliphatic heterocycles. The number of hydrogen-bond donors (Lipinski definition) is 0. The van der Waals surface area contributed by atoms with E-state index in [4.69, 9.17) is 16.3 Å². The summed E-state index contributed by atoms with van der Waals surface area (Å²) in [6, 6.07) is 4.34. The van der Waals surface area contributed by atoms with Crippen LogP contribution in [0.15, 0.2) is 12.1 Å². The molecule has 1 rings (SSSR count). The largest absolute Gasteiger partial charge is 0.493 e. The number of alkyl halides is 1. The second-order valence-corrected chi connectivity index (χ2v) is 5.33. The fourth-order valence-electron chi connectivity index (χ4n) is 2.09. The zero-order valence-electron chi connectivity index (χ0n) is 11.3. The van der Waals surface area contributed by atoms with Gasteiger partial charge in [-0.1, -0.05) is 24.6 Å². The molecule has 1 aromatic rings. The first kappa shape index (κ1) is 14.4. The molecule has 96 valence electrons. The molecule has 0 saturated heterocycles. The third-order valence-electron chi connectivity index (χ3n) is 3.06. The van der Waals surface area contributed by atoms with Gasteiger partial charge in [-0.25, -0.2) is 0 Å². The molecular formula is C15H23ClO. The van der Waals surface area contributed by atoms with E-state index in [1.54, 1.807) is 0 Å². The van der Waals surface area contributed by atoms with Gasteiger partial charge in [0.2, 0.25) is 0 Å². The lowest BCUT2D eigenvalue weighted by molar-refractivity contribution is 0.279. The molecule has 0 bridgehead atoms. The monoisotopic (exact) mass is 254 g/mol. The highest BCUT2D eigenvalue weighted by atomic mass is 35.5. The summed E-state index contributed by atoms with van der Waals surface area (Å²) in [4.78, 5) is 0. The molecule has 1 unspecified atom stereocenters. The van der Waals surface area contributed by atoms with E-state index in [2.05, 4.69) is 39.8 Å². The van der Waals surface area contributed by atoms with Crippen molar-refractivity contribution in [2.75, 3.05) is 12.5 Å². The Balaban J connectivity index is 2.52. The zero-order chi connectivity index (χ0) is 12.8. The predicted octanol–water partition coefficient (Wildman–Crippen LogP) is 4.65. The molecule has 0 saturated carbocycles. The van der Waals surface area contributed by atoms with E-state index in [0.29, 0.717) is 5.92 Å². The summed E-state index contributed by atoms with van der Waals surface area (Å²) >= 11 is 5.72. The van der Waals surface area contributed by atoms with Crippen LogP contribution in [0.4, 0.5) is 0 Å². The van der Waals surface area contributed by atoms with Crippen molar-refractivity contribution in [3.05, 3.63) is 28.8 Å². The Labute approximate surface area is 110 Å². The number of ether oxygens (including phenoxy) is 1. The fraction of sp³-hybridized carbons (Fsp3) is 0.600. The average Bonchev–Trinajstić information content (AvgIpc) is 2.22. The standard InChI is InChI=1S/C15H23ClO/c1-11(5-7-16)6-8-17-15-13(3)9-12(2)10-14(15)4/h9-11H,5-8H2,1-4H3. The van der Waals surface area contributed by atoms with Crippen molar-refractivity contribution in [3.63, 3.8) is 0 Å². The molecule has 0 N–H and O–H groups in total. The maximum atomic E-state index is 5.90. The van der Waals surface area contributed by atoms with Crippen molar-refractivity contribution in [1.82, 2.24) is 0 Å². The van der Waals surface area contributed by atoms with Gasteiger partial charge in [0.15, 0.2) is 0 Å². The molecule has 0 radical (unpaired) electrons. The van der Waals surface area contributed by atoms with Gasteiger partial charge in [-0.05, 0) is 50.7 Å². The number of halogens is 1. The van der Waals surface area contributed by atoms with Crippen LogP contribution in [-0.4, -0.2) is 12.5 Å². The molecule has 0 fully saturated rings. The molecule has 0 amide bonds. The lowest BCUT2D eigenvalue weighted by atomic mass is 10.1. The van der Waals surface area contributed by atoms with Crippen molar-refractivity contribution >= 4 is 11.6 Å². The zero-order valence-corrected chi connectivity index (χ0v) is 12.1. The highest BCUT2D eigenvalue weighted by molar-refractivity contribution is 6.17. The summed E-state index contributed by atoms with van der Waals surface area (Å²) in [5.41, 5.74) is 3.75. The van der Waals surface area contributed by atoms with Crippen LogP contribution in [0, 0.1) is 26.7 Å². The average molecular weight is 255 g/mol. The topological polar surface area (TPSA) is 9.23 Å². The van der Waals surface area contributed by atoms with Crippen LogP contribution in [-0.2, 0) is 0 Å². The van der Waals surface area contributed by atoms with Crippen LogP contribution in [0.3, 0.4) is 0 Å². The minimum Gasteiger partial charge on any atom is -0.493 e. The van der Waals surface area contributed by atoms with Gasteiger partial charge in [0.1, 0.15) is 5.75 Å². The Morgan fingerprint density at radius 1 is 1.12 bits per heavy atom. The fourth-order valence-corrected chi connectivity index (χ4v) is 2.46. The van der Waals surface area contributed by atoms with Gasteiger partial charge in [0.25, 0.3) is 0 Å². The second kappa shape index (κ2) is 6.90. The molecule has 0 spiro atoms. The predicted molar refractivity (Wildman–Crippen MR) is 75.3 cm³/mol. The van der Waals surface area contributed by atoms with Crippen molar-refractivity contribution in [2.24, 2.45) is 5.92 Å². The molecule has 0 aliphatic rings. The van der Waals surface area contributed by atoms with Crippen LogP contribution in [0.5, 0.6) is 5.75 Å². The second-order valence-electron chi connectivity index (χ2n) is 4.95. The molecular weight excluding hydrogens is 232 g/mol. The molecule has 0 heterocycles. The lowest BCUT2D eigenvalue weighted by Gasteiger charge is -2.15. The van der Waals surface area contributed by atoms with Gasteiger partial charge in [0.05, 0.1) is 6.61 Å².